The zero-order valence-electron chi connectivity index (χ0n) is 19.2. The standard InChI is InChI=1S/C24H30N2O6S/c1-4-23(27)18-7-9-19(10-8-18)32-24(28)21-17-20(33(29,30)26(5-2)6-3)11-12-22(21)25-13-15-31-16-14-25/h7-12,17H,4-6,13-16H2,1-3H3. The summed E-state index contributed by atoms with van der Waals surface area (Å²) < 4.78 is 38.4. The van der Waals surface area contributed by atoms with Gasteiger partial charge in [-0.1, -0.05) is 20.8 Å². The Morgan fingerprint density at radius 2 is 1.64 bits per heavy atom. The van der Waals surface area contributed by atoms with Gasteiger partial charge >= 0.3 is 5.97 Å². The summed E-state index contributed by atoms with van der Waals surface area (Å²) in [6.07, 6.45) is 0.385. The van der Waals surface area contributed by atoms with Crippen molar-refractivity contribution in [3.05, 3.63) is 53.6 Å². The van der Waals surface area contributed by atoms with E-state index in [1.807, 2.05) is 4.90 Å². The number of ether oxygens (including phenoxy) is 2. The lowest BCUT2D eigenvalue weighted by molar-refractivity contribution is 0.0733. The Morgan fingerprint density at radius 1 is 1.00 bits per heavy atom. The molecule has 33 heavy (non-hydrogen) atoms. The number of hydrogen-bond donors (Lipinski definition) is 0. The van der Waals surface area contributed by atoms with Crippen LogP contribution in [0, 0.1) is 0 Å². The molecule has 8 nitrogen and oxygen atoms in total. The summed E-state index contributed by atoms with van der Waals surface area (Å²) in [5.74, 6) is -0.392. The molecule has 0 amide bonds. The number of anilines is 1. The second-order valence-electron chi connectivity index (χ2n) is 7.56. The van der Waals surface area contributed by atoms with Gasteiger partial charge in [0.2, 0.25) is 10.0 Å². The normalized spacial score (nSPS) is 14.4. The van der Waals surface area contributed by atoms with Crippen molar-refractivity contribution in [2.75, 3.05) is 44.3 Å². The Morgan fingerprint density at radius 3 is 2.21 bits per heavy atom. The Balaban J connectivity index is 1.97. The number of carbonyl (C=O) groups is 2. The average molecular weight is 475 g/mol. The maximum atomic E-state index is 13.2. The van der Waals surface area contributed by atoms with Crippen molar-refractivity contribution < 1.29 is 27.5 Å². The molecule has 0 atom stereocenters. The highest BCUT2D eigenvalue weighted by atomic mass is 32.2. The van der Waals surface area contributed by atoms with Crippen LogP contribution in [0.3, 0.4) is 0 Å². The molecule has 0 radical (unpaired) electrons. The summed E-state index contributed by atoms with van der Waals surface area (Å²) in [5, 5.41) is 0. The van der Waals surface area contributed by atoms with Crippen LogP contribution in [0.25, 0.3) is 0 Å². The predicted octanol–water partition coefficient (Wildman–Crippen LogP) is 3.37. The Bertz CT molecular complexity index is 1090. The molecule has 0 bridgehead atoms. The van der Waals surface area contributed by atoms with Crippen LogP contribution in [-0.2, 0) is 14.8 Å². The highest BCUT2D eigenvalue weighted by molar-refractivity contribution is 7.89. The first-order chi connectivity index (χ1) is 15.8. The monoisotopic (exact) mass is 474 g/mol. The van der Waals surface area contributed by atoms with E-state index in [1.165, 1.54) is 16.4 Å². The third kappa shape index (κ3) is 5.61. The summed E-state index contributed by atoms with van der Waals surface area (Å²) >= 11 is 0. The number of hydrogen-bond acceptors (Lipinski definition) is 7. The van der Waals surface area contributed by atoms with Crippen molar-refractivity contribution >= 4 is 27.5 Å². The maximum Gasteiger partial charge on any atom is 0.345 e. The number of rotatable bonds is 9. The first kappa shape index (κ1) is 24.9. The third-order valence-electron chi connectivity index (χ3n) is 5.59. The smallest absolute Gasteiger partial charge is 0.345 e. The van der Waals surface area contributed by atoms with Gasteiger partial charge in [-0.2, -0.15) is 4.31 Å². The van der Waals surface area contributed by atoms with E-state index in [2.05, 4.69) is 0 Å². The van der Waals surface area contributed by atoms with Gasteiger partial charge in [0, 0.05) is 38.2 Å². The van der Waals surface area contributed by atoms with E-state index in [0.29, 0.717) is 57.1 Å². The van der Waals surface area contributed by atoms with Crippen LogP contribution < -0.4 is 9.64 Å². The van der Waals surface area contributed by atoms with Crippen LogP contribution >= 0.6 is 0 Å². The number of Topliss-reactive ketones (excluding diaryl/α,β-unsaturated/α-hetero) is 1. The second-order valence-corrected chi connectivity index (χ2v) is 9.50. The van der Waals surface area contributed by atoms with Crippen molar-refractivity contribution in [3.63, 3.8) is 0 Å². The molecular weight excluding hydrogens is 444 g/mol. The van der Waals surface area contributed by atoms with Gasteiger partial charge < -0.3 is 14.4 Å². The van der Waals surface area contributed by atoms with Gasteiger partial charge in [-0.15, -0.1) is 0 Å². The Labute approximate surface area is 195 Å². The average Bonchev–Trinajstić information content (AvgIpc) is 2.84. The van der Waals surface area contributed by atoms with Gasteiger partial charge in [-0.05, 0) is 42.5 Å². The number of morpholine rings is 1. The van der Waals surface area contributed by atoms with Crippen LogP contribution in [0.4, 0.5) is 5.69 Å². The highest BCUT2D eigenvalue weighted by Crippen LogP contribution is 2.28. The van der Waals surface area contributed by atoms with Gasteiger partial charge in [-0.3, -0.25) is 4.79 Å². The molecule has 0 aromatic heterocycles. The number of sulfonamides is 1. The van der Waals surface area contributed by atoms with Crippen molar-refractivity contribution in [2.24, 2.45) is 0 Å². The molecule has 0 N–H and O–H groups in total. The third-order valence-corrected chi connectivity index (χ3v) is 7.64. The molecule has 1 heterocycles. The largest absolute Gasteiger partial charge is 0.423 e. The molecule has 0 aliphatic carbocycles. The Hall–Kier alpha value is -2.75. The van der Waals surface area contributed by atoms with E-state index in [-0.39, 0.29) is 22.0 Å². The zero-order valence-corrected chi connectivity index (χ0v) is 20.1. The number of benzene rings is 2. The molecule has 1 fully saturated rings. The molecule has 3 rings (SSSR count). The van der Waals surface area contributed by atoms with Crippen molar-refractivity contribution in [1.29, 1.82) is 0 Å². The molecule has 178 valence electrons. The van der Waals surface area contributed by atoms with E-state index in [4.69, 9.17) is 9.47 Å². The lowest BCUT2D eigenvalue weighted by Gasteiger charge is -2.30. The van der Waals surface area contributed by atoms with Crippen molar-refractivity contribution in [1.82, 2.24) is 4.31 Å². The zero-order chi connectivity index (χ0) is 24.0. The van der Waals surface area contributed by atoms with E-state index >= 15 is 0 Å². The number of ketones is 1. The van der Waals surface area contributed by atoms with Gasteiger partial charge in [-0.25, -0.2) is 13.2 Å². The van der Waals surface area contributed by atoms with E-state index in [1.54, 1.807) is 51.1 Å². The second kappa shape index (κ2) is 10.9. The van der Waals surface area contributed by atoms with Crippen LogP contribution in [0.2, 0.25) is 0 Å². The molecule has 1 aliphatic rings. The number of nitrogens with zero attached hydrogens (tertiary/aromatic N) is 2. The molecule has 1 saturated heterocycles. The summed E-state index contributed by atoms with van der Waals surface area (Å²) in [6, 6.07) is 10.9. The summed E-state index contributed by atoms with van der Waals surface area (Å²) in [7, 11) is -3.75. The Kier molecular flexibility index (Phi) is 8.23. The lowest BCUT2D eigenvalue weighted by atomic mass is 10.1. The highest BCUT2D eigenvalue weighted by Gasteiger charge is 2.27. The van der Waals surface area contributed by atoms with Gasteiger partial charge in [0.25, 0.3) is 0 Å². The molecule has 0 spiro atoms. The van der Waals surface area contributed by atoms with E-state index < -0.39 is 16.0 Å². The predicted molar refractivity (Wildman–Crippen MR) is 126 cm³/mol. The fourth-order valence-corrected chi connectivity index (χ4v) is 5.19. The minimum absolute atomic E-state index is 0.00297. The SMILES string of the molecule is CCC(=O)c1ccc(OC(=O)c2cc(S(=O)(=O)N(CC)CC)ccc2N2CCOCC2)cc1. The summed E-state index contributed by atoms with van der Waals surface area (Å²) in [5.41, 5.74) is 1.30. The fraction of sp³-hybridized carbons (Fsp3) is 0.417. The quantitative estimate of drug-likeness (QED) is 0.312. The molecule has 1 aliphatic heterocycles. The number of carbonyl (C=O) groups excluding carboxylic acids is 2. The summed E-state index contributed by atoms with van der Waals surface area (Å²) in [4.78, 5) is 27.0. The molecule has 0 unspecified atom stereocenters. The van der Waals surface area contributed by atoms with Crippen molar-refractivity contribution in [2.45, 2.75) is 32.1 Å². The topological polar surface area (TPSA) is 93.2 Å². The van der Waals surface area contributed by atoms with Crippen LogP contribution in [-0.4, -0.2) is 63.9 Å². The van der Waals surface area contributed by atoms with Crippen LogP contribution in [0.15, 0.2) is 47.4 Å². The first-order valence-electron chi connectivity index (χ1n) is 11.1. The summed E-state index contributed by atoms with van der Waals surface area (Å²) in [6.45, 7) is 8.16. The minimum Gasteiger partial charge on any atom is -0.423 e. The van der Waals surface area contributed by atoms with Gasteiger partial charge in [0.05, 0.1) is 29.4 Å². The van der Waals surface area contributed by atoms with Crippen LogP contribution in [0.5, 0.6) is 5.75 Å². The van der Waals surface area contributed by atoms with E-state index in [9.17, 15) is 18.0 Å². The number of esters is 1. The molecular formula is C24H30N2O6S. The molecule has 0 saturated carbocycles. The lowest BCUT2D eigenvalue weighted by Crippen LogP contribution is -2.37. The minimum atomic E-state index is -3.75. The van der Waals surface area contributed by atoms with Gasteiger partial charge in [0.15, 0.2) is 5.78 Å². The maximum absolute atomic E-state index is 13.2. The van der Waals surface area contributed by atoms with Crippen molar-refractivity contribution in [3.8, 4) is 5.75 Å². The molecule has 9 heteroatoms. The first-order valence-corrected chi connectivity index (χ1v) is 12.6. The van der Waals surface area contributed by atoms with Crippen LogP contribution in [0.1, 0.15) is 47.9 Å². The fourth-order valence-electron chi connectivity index (χ4n) is 3.71. The molecule has 2 aromatic rings. The molecule has 2 aromatic carbocycles. The van der Waals surface area contributed by atoms with E-state index in [0.717, 1.165) is 0 Å². The van der Waals surface area contributed by atoms with Gasteiger partial charge in [0.1, 0.15) is 5.75 Å².